The molecule has 4 saturated carbocycles. The first-order valence-electron chi connectivity index (χ1n) is 10.1. The maximum atomic E-state index is 13.6. The average Bonchev–Trinajstić information content (AvgIpc) is 2.61. The predicted octanol–water partition coefficient (Wildman–Crippen LogP) is 3.72. The van der Waals surface area contributed by atoms with Crippen molar-refractivity contribution in [2.24, 2.45) is 17.3 Å². The van der Waals surface area contributed by atoms with Gasteiger partial charge < -0.3 is 9.80 Å². The second kappa shape index (κ2) is 6.53. The van der Waals surface area contributed by atoms with Gasteiger partial charge in [-0.15, -0.1) is 12.4 Å². The lowest BCUT2D eigenvalue weighted by Crippen LogP contribution is -2.61. The molecule has 3 nitrogen and oxygen atoms in total. The fraction of sp³-hybridized carbons (Fsp3) is 0.682. The molecule has 2 unspecified atom stereocenters. The van der Waals surface area contributed by atoms with Crippen molar-refractivity contribution in [2.45, 2.75) is 43.9 Å². The third-order valence-corrected chi connectivity index (χ3v) is 7.69. The molecule has 4 bridgehead atoms. The van der Waals surface area contributed by atoms with Gasteiger partial charge in [-0.1, -0.05) is 30.3 Å². The first-order chi connectivity index (χ1) is 12.1. The number of rotatable bonds is 2. The molecule has 1 aliphatic heterocycles. The van der Waals surface area contributed by atoms with Gasteiger partial charge in [0, 0.05) is 26.2 Å². The van der Waals surface area contributed by atoms with Crippen LogP contribution in [0.5, 0.6) is 0 Å². The van der Waals surface area contributed by atoms with Crippen molar-refractivity contribution in [1.29, 1.82) is 0 Å². The van der Waals surface area contributed by atoms with Gasteiger partial charge in [-0.25, -0.2) is 0 Å². The molecule has 4 aliphatic carbocycles. The highest BCUT2D eigenvalue weighted by atomic mass is 35.5. The number of piperazine rings is 1. The molecular formula is C22H31ClN2O. The quantitative estimate of drug-likeness (QED) is 0.787. The lowest BCUT2D eigenvalue weighted by Gasteiger charge is -2.62. The molecule has 2 atom stereocenters. The van der Waals surface area contributed by atoms with Crippen LogP contribution in [0.15, 0.2) is 30.3 Å². The van der Waals surface area contributed by atoms with Crippen LogP contribution in [0.4, 0.5) is 0 Å². The van der Waals surface area contributed by atoms with Crippen molar-refractivity contribution < 1.29 is 4.79 Å². The summed E-state index contributed by atoms with van der Waals surface area (Å²) < 4.78 is 0. The number of likely N-dealkylation sites (N-methyl/N-ethyl adjacent to an activating group) is 1. The summed E-state index contributed by atoms with van der Waals surface area (Å²) in [4.78, 5) is 18.2. The van der Waals surface area contributed by atoms with E-state index in [9.17, 15) is 4.79 Å². The Balaban J connectivity index is 0.00000168. The van der Waals surface area contributed by atoms with Crippen LogP contribution in [0.3, 0.4) is 0 Å². The van der Waals surface area contributed by atoms with Crippen molar-refractivity contribution in [3.63, 3.8) is 0 Å². The Labute approximate surface area is 163 Å². The Bertz CT molecular complexity index is 654. The second-order valence-corrected chi connectivity index (χ2v) is 9.48. The Morgan fingerprint density at radius 3 is 2.19 bits per heavy atom. The zero-order chi connectivity index (χ0) is 17.1. The minimum Gasteiger partial charge on any atom is -0.340 e. The topological polar surface area (TPSA) is 23.6 Å². The van der Waals surface area contributed by atoms with E-state index in [2.05, 4.69) is 47.2 Å². The van der Waals surface area contributed by atoms with Crippen molar-refractivity contribution in [1.82, 2.24) is 9.80 Å². The van der Waals surface area contributed by atoms with Gasteiger partial charge in [-0.2, -0.15) is 0 Å². The number of carbonyl (C=O) groups is 1. The third kappa shape index (κ3) is 2.79. The molecule has 5 aliphatic rings. The van der Waals surface area contributed by atoms with Crippen molar-refractivity contribution in [2.75, 3.05) is 33.2 Å². The molecule has 0 spiro atoms. The third-order valence-electron chi connectivity index (χ3n) is 7.69. The Kier molecular flexibility index (Phi) is 4.60. The van der Waals surface area contributed by atoms with Crippen LogP contribution in [0, 0.1) is 17.3 Å². The SMILES string of the molecule is CN1CCN(C(=O)C23CC4CC(C2)CC(c2ccccc2)(C4)C3)CC1.Cl. The fourth-order valence-corrected chi connectivity index (χ4v) is 6.99. The summed E-state index contributed by atoms with van der Waals surface area (Å²) in [5.41, 5.74) is 1.71. The van der Waals surface area contributed by atoms with Gasteiger partial charge in [0.15, 0.2) is 0 Å². The minimum atomic E-state index is -0.0597. The molecular weight excluding hydrogens is 344 g/mol. The van der Waals surface area contributed by atoms with E-state index in [1.807, 2.05) is 0 Å². The van der Waals surface area contributed by atoms with E-state index in [0.29, 0.717) is 5.91 Å². The van der Waals surface area contributed by atoms with Gasteiger partial charge in [-0.05, 0) is 68.4 Å². The van der Waals surface area contributed by atoms with Crippen LogP contribution in [0.2, 0.25) is 0 Å². The van der Waals surface area contributed by atoms with Crippen LogP contribution in [-0.4, -0.2) is 48.9 Å². The number of carbonyl (C=O) groups excluding carboxylic acids is 1. The van der Waals surface area contributed by atoms with E-state index in [0.717, 1.165) is 57.3 Å². The lowest BCUT2D eigenvalue weighted by atomic mass is 9.42. The standard InChI is InChI=1S/C22H30N2O.ClH/c1-23-7-9-24(10-8-23)20(25)22-14-17-11-18(15-22)13-21(12-17,16-22)19-5-3-2-4-6-19;/h2-6,17-18H,7-16H2,1H3;1H. The van der Waals surface area contributed by atoms with Crippen LogP contribution in [0.1, 0.15) is 44.1 Å². The zero-order valence-electron chi connectivity index (χ0n) is 15.8. The average molecular weight is 375 g/mol. The van der Waals surface area contributed by atoms with Crippen LogP contribution in [-0.2, 0) is 10.2 Å². The number of amides is 1. The molecule has 5 fully saturated rings. The summed E-state index contributed by atoms with van der Waals surface area (Å²) in [5, 5.41) is 0. The lowest BCUT2D eigenvalue weighted by molar-refractivity contribution is -0.161. The molecule has 1 aromatic rings. The van der Waals surface area contributed by atoms with E-state index >= 15 is 0 Å². The van der Waals surface area contributed by atoms with E-state index in [4.69, 9.17) is 0 Å². The van der Waals surface area contributed by atoms with Crippen LogP contribution >= 0.6 is 12.4 Å². The Morgan fingerprint density at radius 1 is 0.962 bits per heavy atom. The fourth-order valence-electron chi connectivity index (χ4n) is 6.99. The molecule has 1 heterocycles. The monoisotopic (exact) mass is 374 g/mol. The summed E-state index contributed by atoms with van der Waals surface area (Å²) in [6.07, 6.45) is 7.40. The first kappa shape index (κ1) is 18.3. The highest BCUT2D eigenvalue weighted by Crippen LogP contribution is 2.66. The second-order valence-electron chi connectivity index (χ2n) is 9.48. The Hall–Kier alpha value is -1.06. The minimum absolute atomic E-state index is 0. The van der Waals surface area contributed by atoms with Gasteiger partial charge in [0.05, 0.1) is 5.41 Å². The molecule has 1 aromatic carbocycles. The van der Waals surface area contributed by atoms with Crippen molar-refractivity contribution in [3.8, 4) is 0 Å². The number of benzene rings is 1. The number of hydrogen-bond donors (Lipinski definition) is 0. The normalized spacial score (nSPS) is 38.9. The summed E-state index contributed by atoms with van der Waals surface area (Å²) in [6, 6.07) is 11.1. The largest absolute Gasteiger partial charge is 0.340 e. The van der Waals surface area contributed by atoms with Gasteiger partial charge in [0.25, 0.3) is 0 Å². The number of nitrogens with zero attached hydrogens (tertiary/aromatic N) is 2. The molecule has 4 heteroatoms. The molecule has 0 radical (unpaired) electrons. The summed E-state index contributed by atoms with van der Waals surface area (Å²) >= 11 is 0. The van der Waals surface area contributed by atoms with Crippen LogP contribution < -0.4 is 0 Å². The highest BCUT2D eigenvalue weighted by Gasteiger charge is 2.61. The molecule has 0 aromatic heterocycles. The van der Waals surface area contributed by atoms with E-state index in [1.165, 1.54) is 24.8 Å². The first-order valence-corrected chi connectivity index (χ1v) is 10.1. The molecule has 26 heavy (non-hydrogen) atoms. The smallest absolute Gasteiger partial charge is 0.228 e. The van der Waals surface area contributed by atoms with E-state index in [1.54, 1.807) is 0 Å². The zero-order valence-corrected chi connectivity index (χ0v) is 16.6. The van der Waals surface area contributed by atoms with Crippen LogP contribution in [0.25, 0.3) is 0 Å². The maximum Gasteiger partial charge on any atom is 0.228 e. The van der Waals surface area contributed by atoms with E-state index in [-0.39, 0.29) is 23.2 Å². The Morgan fingerprint density at radius 2 is 1.58 bits per heavy atom. The molecule has 1 saturated heterocycles. The van der Waals surface area contributed by atoms with Gasteiger partial charge in [-0.3, -0.25) is 4.79 Å². The number of halogens is 1. The predicted molar refractivity (Wildman–Crippen MR) is 107 cm³/mol. The van der Waals surface area contributed by atoms with E-state index < -0.39 is 0 Å². The van der Waals surface area contributed by atoms with Gasteiger partial charge in [0.2, 0.25) is 5.91 Å². The molecule has 1 amide bonds. The molecule has 0 N–H and O–H groups in total. The van der Waals surface area contributed by atoms with Gasteiger partial charge >= 0.3 is 0 Å². The highest BCUT2D eigenvalue weighted by molar-refractivity contribution is 5.85. The molecule has 142 valence electrons. The number of hydrogen-bond acceptors (Lipinski definition) is 2. The maximum absolute atomic E-state index is 13.6. The van der Waals surface area contributed by atoms with Gasteiger partial charge in [0.1, 0.15) is 0 Å². The molecule has 6 rings (SSSR count). The summed E-state index contributed by atoms with van der Waals surface area (Å²) in [5.74, 6) is 2.02. The summed E-state index contributed by atoms with van der Waals surface area (Å²) in [7, 11) is 2.16. The van der Waals surface area contributed by atoms with Crippen molar-refractivity contribution in [3.05, 3.63) is 35.9 Å². The van der Waals surface area contributed by atoms with Crippen molar-refractivity contribution >= 4 is 18.3 Å². The summed E-state index contributed by atoms with van der Waals surface area (Å²) in [6.45, 7) is 3.90.